The van der Waals surface area contributed by atoms with E-state index in [2.05, 4.69) is 0 Å². The first-order valence-electron chi connectivity index (χ1n) is 7.18. The third-order valence-corrected chi connectivity index (χ3v) is 4.31. The van der Waals surface area contributed by atoms with Crippen molar-refractivity contribution in [3.05, 3.63) is 35.9 Å². The molecule has 0 radical (unpaired) electrons. The molecule has 1 aromatic carbocycles. The van der Waals surface area contributed by atoms with Crippen LogP contribution in [-0.4, -0.2) is 12.3 Å². The lowest BCUT2D eigenvalue weighted by Gasteiger charge is -2.36. The first-order chi connectivity index (χ1) is 9.23. The third kappa shape index (κ3) is 2.06. The molecule has 0 spiro atoms. The first kappa shape index (κ1) is 12.7. The van der Waals surface area contributed by atoms with Crippen molar-refractivity contribution in [3.8, 4) is 0 Å². The fourth-order valence-electron chi connectivity index (χ4n) is 3.45. The second-order valence-corrected chi connectivity index (χ2v) is 5.53. The van der Waals surface area contributed by atoms with Gasteiger partial charge in [0.25, 0.3) is 0 Å². The Morgan fingerprint density at radius 2 is 1.79 bits per heavy atom. The highest BCUT2D eigenvalue weighted by Crippen LogP contribution is 2.46. The van der Waals surface area contributed by atoms with E-state index in [9.17, 15) is 4.79 Å². The van der Waals surface area contributed by atoms with Gasteiger partial charge in [0.2, 0.25) is 6.29 Å². The van der Waals surface area contributed by atoms with E-state index >= 15 is 0 Å². The first-order valence-corrected chi connectivity index (χ1v) is 7.18. The average Bonchev–Trinajstić information content (AvgIpc) is 2.76. The van der Waals surface area contributed by atoms with Crippen LogP contribution in [0.4, 0.5) is 0 Å². The molecule has 1 aliphatic heterocycles. The van der Waals surface area contributed by atoms with Crippen molar-refractivity contribution in [2.75, 3.05) is 0 Å². The maximum Gasteiger partial charge on any atom is 0.345 e. The molecule has 0 amide bonds. The molecule has 2 atom stereocenters. The van der Waals surface area contributed by atoms with Crippen LogP contribution in [0.25, 0.3) is 0 Å². The van der Waals surface area contributed by atoms with Gasteiger partial charge in [-0.05, 0) is 25.3 Å². The summed E-state index contributed by atoms with van der Waals surface area (Å²) in [5, 5.41) is 0. The Hall–Kier alpha value is -1.35. The van der Waals surface area contributed by atoms with Gasteiger partial charge in [-0.25, -0.2) is 4.79 Å². The van der Waals surface area contributed by atoms with Crippen molar-refractivity contribution in [2.24, 2.45) is 5.92 Å². The highest BCUT2D eigenvalue weighted by atomic mass is 16.8. The van der Waals surface area contributed by atoms with E-state index in [-0.39, 0.29) is 11.9 Å². The van der Waals surface area contributed by atoms with Crippen molar-refractivity contribution < 1.29 is 14.3 Å². The summed E-state index contributed by atoms with van der Waals surface area (Å²) in [6, 6.07) is 9.84. The van der Waals surface area contributed by atoms with Crippen LogP contribution in [0, 0.1) is 5.92 Å². The molecule has 1 heterocycles. The summed E-state index contributed by atoms with van der Waals surface area (Å²) in [6.45, 7) is 1.80. The summed E-state index contributed by atoms with van der Waals surface area (Å²) in [5.74, 6) is 0.0270. The molecule has 3 nitrogen and oxygen atoms in total. The Morgan fingerprint density at radius 1 is 1.11 bits per heavy atom. The zero-order chi connectivity index (χ0) is 13.3. The molecule has 1 saturated heterocycles. The molecule has 3 heteroatoms. The second kappa shape index (κ2) is 4.97. The van der Waals surface area contributed by atoms with E-state index in [1.807, 2.05) is 30.3 Å². The average molecular weight is 260 g/mol. The van der Waals surface area contributed by atoms with Crippen LogP contribution in [0.1, 0.15) is 44.6 Å². The highest BCUT2D eigenvalue weighted by Gasteiger charge is 2.55. The Kier molecular flexibility index (Phi) is 3.31. The molecule has 0 N–H and O–H groups in total. The van der Waals surface area contributed by atoms with Crippen LogP contribution in [0.5, 0.6) is 0 Å². The fourth-order valence-corrected chi connectivity index (χ4v) is 3.45. The lowest BCUT2D eigenvalue weighted by molar-refractivity contribution is -0.149. The number of benzene rings is 1. The van der Waals surface area contributed by atoms with Crippen LogP contribution in [0.2, 0.25) is 0 Å². The standard InChI is InChI=1S/C16H20O3/c1-12-18-15(17)16(19-12,13-8-4-2-5-9-13)14-10-6-3-7-11-14/h2,4-5,8-9,12,14H,3,6-7,10-11H2,1H3/t12?,16-/m1/s1. The summed E-state index contributed by atoms with van der Waals surface area (Å²) < 4.78 is 11.3. The van der Waals surface area contributed by atoms with Gasteiger partial charge in [0.1, 0.15) is 0 Å². The fraction of sp³-hybridized carbons (Fsp3) is 0.562. The number of carbonyl (C=O) groups excluding carboxylic acids is 1. The molecule has 2 aliphatic rings. The lowest BCUT2D eigenvalue weighted by Crippen LogP contribution is -2.42. The second-order valence-electron chi connectivity index (χ2n) is 5.53. The molecule has 1 aromatic rings. The smallest absolute Gasteiger partial charge is 0.345 e. The number of hydrogen-bond donors (Lipinski definition) is 0. The van der Waals surface area contributed by atoms with Gasteiger partial charge >= 0.3 is 5.97 Å². The van der Waals surface area contributed by atoms with Gasteiger partial charge in [-0.15, -0.1) is 0 Å². The summed E-state index contributed by atoms with van der Waals surface area (Å²) >= 11 is 0. The number of esters is 1. The molecule has 0 aromatic heterocycles. The SMILES string of the molecule is CC1OC(=O)[C@@](c2ccccc2)(C2CCCCC2)O1. The summed E-state index contributed by atoms with van der Waals surface area (Å²) in [5.41, 5.74) is 0.0671. The van der Waals surface area contributed by atoms with E-state index in [0.29, 0.717) is 0 Å². The molecule has 1 unspecified atom stereocenters. The third-order valence-electron chi connectivity index (χ3n) is 4.31. The monoisotopic (exact) mass is 260 g/mol. The zero-order valence-corrected chi connectivity index (χ0v) is 11.3. The zero-order valence-electron chi connectivity index (χ0n) is 11.3. The molecule has 19 heavy (non-hydrogen) atoms. The molecule has 1 saturated carbocycles. The van der Waals surface area contributed by atoms with Gasteiger partial charge in [0.15, 0.2) is 5.60 Å². The van der Waals surface area contributed by atoms with Crippen molar-refractivity contribution in [1.29, 1.82) is 0 Å². The molecule has 102 valence electrons. The van der Waals surface area contributed by atoms with E-state index in [1.54, 1.807) is 6.92 Å². The molecular weight excluding hydrogens is 240 g/mol. The minimum atomic E-state index is -0.874. The number of rotatable bonds is 2. The van der Waals surface area contributed by atoms with Crippen molar-refractivity contribution >= 4 is 5.97 Å². The van der Waals surface area contributed by atoms with E-state index in [4.69, 9.17) is 9.47 Å². The quantitative estimate of drug-likeness (QED) is 0.765. The van der Waals surface area contributed by atoms with Crippen molar-refractivity contribution in [1.82, 2.24) is 0 Å². The van der Waals surface area contributed by atoms with E-state index in [1.165, 1.54) is 19.3 Å². The van der Waals surface area contributed by atoms with Crippen LogP contribution >= 0.6 is 0 Å². The highest BCUT2D eigenvalue weighted by molar-refractivity contribution is 5.83. The molecule has 0 bridgehead atoms. The van der Waals surface area contributed by atoms with Gasteiger partial charge in [0, 0.05) is 5.92 Å². The largest absolute Gasteiger partial charge is 0.434 e. The summed E-state index contributed by atoms with van der Waals surface area (Å²) in [6.07, 6.45) is 5.23. The summed E-state index contributed by atoms with van der Waals surface area (Å²) in [4.78, 5) is 12.5. The molecule has 1 aliphatic carbocycles. The van der Waals surface area contributed by atoms with E-state index in [0.717, 1.165) is 18.4 Å². The molecule has 2 fully saturated rings. The maximum atomic E-state index is 12.5. The minimum Gasteiger partial charge on any atom is -0.434 e. The predicted octanol–water partition coefficient (Wildman–Crippen LogP) is 3.38. The Morgan fingerprint density at radius 3 is 2.37 bits per heavy atom. The van der Waals surface area contributed by atoms with Crippen LogP contribution in [0.15, 0.2) is 30.3 Å². The number of ether oxygens (including phenoxy) is 2. The number of hydrogen-bond acceptors (Lipinski definition) is 3. The summed E-state index contributed by atoms with van der Waals surface area (Å²) in [7, 11) is 0. The van der Waals surface area contributed by atoms with Crippen LogP contribution in [0.3, 0.4) is 0 Å². The molecule has 3 rings (SSSR count). The van der Waals surface area contributed by atoms with Crippen molar-refractivity contribution in [2.45, 2.75) is 50.9 Å². The number of cyclic esters (lactones) is 1. The number of carbonyl (C=O) groups is 1. The maximum absolute atomic E-state index is 12.5. The van der Waals surface area contributed by atoms with Gasteiger partial charge < -0.3 is 9.47 Å². The minimum absolute atomic E-state index is 0.210. The Balaban J connectivity index is 2.03. The Bertz CT molecular complexity index is 450. The molecular formula is C16H20O3. The van der Waals surface area contributed by atoms with Gasteiger partial charge in [-0.2, -0.15) is 0 Å². The predicted molar refractivity (Wildman–Crippen MR) is 71.3 cm³/mol. The Labute approximate surface area is 113 Å². The van der Waals surface area contributed by atoms with E-state index < -0.39 is 11.9 Å². The normalized spacial score (nSPS) is 32.3. The van der Waals surface area contributed by atoms with Crippen molar-refractivity contribution in [3.63, 3.8) is 0 Å². The van der Waals surface area contributed by atoms with Gasteiger partial charge in [-0.1, -0.05) is 49.6 Å². The van der Waals surface area contributed by atoms with Crippen LogP contribution < -0.4 is 0 Å². The topological polar surface area (TPSA) is 35.5 Å². The van der Waals surface area contributed by atoms with Crippen LogP contribution in [-0.2, 0) is 19.9 Å². The van der Waals surface area contributed by atoms with Gasteiger partial charge in [-0.3, -0.25) is 0 Å². The lowest BCUT2D eigenvalue weighted by atomic mass is 9.73. The van der Waals surface area contributed by atoms with Gasteiger partial charge in [0.05, 0.1) is 0 Å².